The molecule has 0 radical (unpaired) electrons. The van der Waals surface area contributed by atoms with Crippen LogP contribution in [0.25, 0.3) is 0 Å². The Morgan fingerprint density at radius 2 is 1.70 bits per heavy atom. The van der Waals surface area contributed by atoms with Crippen molar-refractivity contribution in [3.05, 3.63) is 0 Å². The summed E-state index contributed by atoms with van der Waals surface area (Å²) in [4.78, 5) is 34.6. The molecular weight excluding hydrogens is 304 g/mol. The Labute approximate surface area is 135 Å². The molecule has 0 aromatic carbocycles. The van der Waals surface area contributed by atoms with E-state index in [1.807, 2.05) is 0 Å². The lowest BCUT2D eigenvalue weighted by Crippen LogP contribution is -2.50. The highest BCUT2D eigenvalue weighted by atomic mass is 16.6. The molecule has 0 aromatic heterocycles. The van der Waals surface area contributed by atoms with Crippen LogP contribution in [0.2, 0.25) is 0 Å². The van der Waals surface area contributed by atoms with Gasteiger partial charge in [-0.05, 0) is 25.2 Å². The second-order valence-electron chi connectivity index (χ2n) is 6.15. The van der Waals surface area contributed by atoms with Gasteiger partial charge >= 0.3 is 17.9 Å². The summed E-state index contributed by atoms with van der Waals surface area (Å²) in [5.41, 5.74) is 11.2. The largest absolute Gasteiger partial charge is 0.469 e. The summed E-state index contributed by atoms with van der Waals surface area (Å²) in [5.74, 6) is -1.80. The van der Waals surface area contributed by atoms with Gasteiger partial charge < -0.3 is 25.7 Å². The second kappa shape index (κ2) is 8.37. The maximum absolute atomic E-state index is 11.9. The Morgan fingerprint density at radius 1 is 1.13 bits per heavy atom. The molecule has 1 fully saturated rings. The fraction of sp³-hybridized carbons (Fsp3) is 0.800. The molecule has 0 saturated heterocycles. The monoisotopic (exact) mass is 330 g/mol. The standard InChI is InChI=1S/C15H26N2O6/c1-7-5-8(2)13(7)22-9(3)12(17)15(20)23-14(19)10(16)6-11(18)21-4/h7-10,12-13H,5-6,16-17H2,1-4H3/t7?,8?,9-,10+,12+,13?/m1/s1. The smallest absolute Gasteiger partial charge is 0.333 e. The number of ether oxygens (including phenoxy) is 3. The van der Waals surface area contributed by atoms with Crippen LogP contribution in [0.15, 0.2) is 0 Å². The number of hydrogen-bond donors (Lipinski definition) is 2. The van der Waals surface area contributed by atoms with Crippen LogP contribution >= 0.6 is 0 Å². The van der Waals surface area contributed by atoms with Crippen LogP contribution in [-0.4, -0.2) is 49.3 Å². The van der Waals surface area contributed by atoms with Gasteiger partial charge in [-0.25, -0.2) is 9.59 Å². The number of carbonyl (C=O) groups excluding carboxylic acids is 3. The highest BCUT2D eigenvalue weighted by Crippen LogP contribution is 2.36. The maximum atomic E-state index is 11.9. The zero-order valence-corrected chi connectivity index (χ0v) is 14.0. The van der Waals surface area contributed by atoms with Gasteiger partial charge in [0, 0.05) is 0 Å². The van der Waals surface area contributed by atoms with Crippen molar-refractivity contribution >= 4 is 17.9 Å². The molecule has 4 N–H and O–H groups in total. The summed E-state index contributed by atoms with van der Waals surface area (Å²) in [5, 5.41) is 0. The molecular formula is C15H26N2O6. The van der Waals surface area contributed by atoms with E-state index in [0.29, 0.717) is 11.8 Å². The third-order valence-corrected chi connectivity index (χ3v) is 4.13. The van der Waals surface area contributed by atoms with Crippen LogP contribution in [0.5, 0.6) is 0 Å². The lowest BCUT2D eigenvalue weighted by atomic mass is 9.74. The van der Waals surface area contributed by atoms with Crippen molar-refractivity contribution in [1.82, 2.24) is 0 Å². The fourth-order valence-electron chi connectivity index (χ4n) is 2.60. The van der Waals surface area contributed by atoms with E-state index >= 15 is 0 Å². The van der Waals surface area contributed by atoms with E-state index in [-0.39, 0.29) is 12.5 Å². The zero-order valence-electron chi connectivity index (χ0n) is 14.0. The summed E-state index contributed by atoms with van der Waals surface area (Å²) in [6, 6.07) is -2.38. The molecule has 5 atom stereocenters. The van der Waals surface area contributed by atoms with Gasteiger partial charge in [0.15, 0.2) is 0 Å². The first-order valence-electron chi connectivity index (χ1n) is 7.66. The van der Waals surface area contributed by atoms with Gasteiger partial charge in [0.25, 0.3) is 0 Å². The average Bonchev–Trinajstić information content (AvgIpc) is 2.51. The fourth-order valence-corrected chi connectivity index (χ4v) is 2.60. The first-order valence-corrected chi connectivity index (χ1v) is 7.66. The Kier molecular flexibility index (Phi) is 7.11. The number of methoxy groups -OCH3 is 1. The second-order valence-corrected chi connectivity index (χ2v) is 6.15. The van der Waals surface area contributed by atoms with Gasteiger partial charge in [0.05, 0.1) is 25.7 Å². The minimum atomic E-state index is -1.28. The summed E-state index contributed by atoms with van der Waals surface area (Å²) < 4.78 is 14.8. The molecule has 1 aliphatic carbocycles. The molecule has 0 heterocycles. The molecule has 23 heavy (non-hydrogen) atoms. The predicted octanol–water partition coefficient (Wildman–Crippen LogP) is -0.276. The van der Waals surface area contributed by atoms with E-state index < -0.39 is 36.1 Å². The van der Waals surface area contributed by atoms with Crippen molar-refractivity contribution in [3.63, 3.8) is 0 Å². The third kappa shape index (κ3) is 5.26. The Hall–Kier alpha value is -1.51. The number of hydrogen-bond acceptors (Lipinski definition) is 8. The lowest BCUT2D eigenvalue weighted by Gasteiger charge is -2.42. The molecule has 0 amide bonds. The quantitative estimate of drug-likeness (QED) is 0.481. The zero-order chi connectivity index (χ0) is 17.7. The molecule has 132 valence electrons. The first-order chi connectivity index (χ1) is 10.7. The molecule has 0 bridgehead atoms. The van der Waals surface area contributed by atoms with E-state index in [2.05, 4.69) is 23.3 Å². The number of nitrogens with two attached hydrogens (primary N) is 2. The summed E-state index contributed by atoms with van der Waals surface area (Å²) in [6.45, 7) is 5.79. The molecule has 0 aliphatic heterocycles. The van der Waals surface area contributed by atoms with Crippen molar-refractivity contribution in [1.29, 1.82) is 0 Å². The summed E-state index contributed by atoms with van der Waals surface area (Å²) in [7, 11) is 1.17. The number of carbonyl (C=O) groups is 3. The van der Waals surface area contributed by atoms with E-state index in [0.717, 1.165) is 6.42 Å². The molecule has 1 rings (SSSR count). The molecule has 1 aliphatic rings. The maximum Gasteiger partial charge on any atom is 0.333 e. The van der Waals surface area contributed by atoms with Gasteiger partial charge in [-0.3, -0.25) is 4.79 Å². The topological polar surface area (TPSA) is 131 Å². The molecule has 2 unspecified atom stereocenters. The van der Waals surface area contributed by atoms with Gasteiger partial charge in [0.2, 0.25) is 0 Å². The molecule has 0 spiro atoms. The van der Waals surface area contributed by atoms with Crippen LogP contribution in [0.3, 0.4) is 0 Å². The minimum absolute atomic E-state index is 0.0427. The average molecular weight is 330 g/mol. The van der Waals surface area contributed by atoms with Crippen molar-refractivity contribution in [2.45, 2.75) is 57.9 Å². The van der Waals surface area contributed by atoms with Crippen molar-refractivity contribution in [2.24, 2.45) is 23.3 Å². The highest BCUT2D eigenvalue weighted by molar-refractivity contribution is 5.92. The lowest BCUT2D eigenvalue weighted by molar-refractivity contribution is -0.169. The van der Waals surface area contributed by atoms with Crippen LogP contribution in [-0.2, 0) is 28.6 Å². The Bertz CT molecular complexity index is 447. The van der Waals surface area contributed by atoms with Gasteiger partial charge in [-0.2, -0.15) is 0 Å². The third-order valence-electron chi connectivity index (χ3n) is 4.13. The van der Waals surface area contributed by atoms with Crippen molar-refractivity contribution in [2.75, 3.05) is 7.11 Å². The summed E-state index contributed by atoms with van der Waals surface area (Å²) in [6.07, 6.45) is 0.141. The van der Waals surface area contributed by atoms with E-state index in [1.54, 1.807) is 6.92 Å². The predicted molar refractivity (Wildman–Crippen MR) is 81.0 cm³/mol. The van der Waals surface area contributed by atoms with Gasteiger partial charge in [-0.1, -0.05) is 13.8 Å². The first kappa shape index (κ1) is 19.5. The van der Waals surface area contributed by atoms with Crippen LogP contribution in [0.4, 0.5) is 0 Å². The van der Waals surface area contributed by atoms with Gasteiger partial charge in [0.1, 0.15) is 12.1 Å². The molecule has 0 aromatic rings. The summed E-state index contributed by atoms with van der Waals surface area (Å²) >= 11 is 0. The van der Waals surface area contributed by atoms with E-state index in [9.17, 15) is 14.4 Å². The molecule has 8 heteroatoms. The van der Waals surface area contributed by atoms with Crippen molar-refractivity contribution < 1.29 is 28.6 Å². The van der Waals surface area contributed by atoms with Crippen LogP contribution in [0, 0.1) is 11.8 Å². The Balaban J connectivity index is 2.46. The van der Waals surface area contributed by atoms with E-state index in [1.165, 1.54) is 7.11 Å². The molecule has 1 saturated carbocycles. The number of esters is 3. The number of rotatable bonds is 7. The van der Waals surface area contributed by atoms with Gasteiger partial charge in [-0.15, -0.1) is 0 Å². The van der Waals surface area contributed by atoms with E-state index in [4.69, 9.17) is 16.2 Å². The Morgan fingerprint density at radius 3 is 2.17 bits per heavy atom. The van der Waals surface area contributed by atoms with Crippen LogP contribution in [0.1, 0.15) is 33.6 Å². The van der Waals surface area contributed by atoms with Crippen LogP contribution < -0.4 is 11.5 Å². The van der Waals surface area contributed by atoms with Crippen molar-refractivity contribution in [3.8, 4) is 0 Å². The molecule has 8 nitrogen and oxygen atoms in total. The normalized spacial score (nSPS) is 27.3. The SMILES string of the molecule is COC(=O)C[C@H](N)C(=O)OC(=O)[C@@H](N)[C@@H](C)OC1C(C)CC1C. The minimum Gasteiger partial charge on any atom is -0.469 e. The highest BCUT2D eigenvalue weighted by Gasteiger charge is 2.39.